The van der Waals surface area contributed by atoms with E-state index in [9.17, 15) is 4.79 Å². The topological polar surface area (TPSA) is 81.9 Å². The first-order chi connectivity index (χ1) is 12.5. The van der Waals surface area contributed by atoms with Gasteiger partial charge < -0.3 is 14.6 Å². The largest absolute Gasteiger partial charge is 0.462 e. The molecule has 1 aromatic carbocycles. The van der Waals surface area contributed by atoms with E-state index in [1.165, 1.54) is 0 Å². The Morgan fingerprint density at radius 3 is 2.65 bits per heavy atom. The third kappa shape index (κ3) is 3.62. The molecule has 0 saturated heterocycles. The summed E-state index contributed by atoms with van der Waals surface area (Å²) < 4.78 is 6.97. The van der Waals surface area contributed by atoms with Gasteiger partial charge in [0, 0.05) is 11.7 Å². The van der Waals surface area contributed by atoms with Gasteiger partial charge in [0.05, 0.1) is 18.5 Å². The van der Waals surface area contributed by atoms with Gasteiger partial charge in [-0.05, 0) is 56.1 Å². The number of carbonyl (C=O) groups excluding carboxylic acids is 1. The Labute approximate surface area is 156 Å². The molecule has 2 aromatic heterocycles. The lowest BCUT2D eigenvalue weighted by atomic mass is 10.2. The number of nitrogens with one attached hydrogen (secondary N) is 1. The van der Waals surface area contributed by atoms with Crippen LogP contribution in [0.2, 0.25) is 5.28 Å². The van der Waals surface area contributed by atoms with E-state index in [1.54, 1.807) is 37.5 Å². The van der Waals surface area contributed by atoms with Gasteiger partial charge in [0.1, 0.15) is 0 Å². The minimum Gasteiger partial charge on any atom is -0.462 e. The minimum absolute atomic E-state index is 0.146. The summed E-state index contributed by atoms with van der Waals surface area (Å²) in [6, 6.07) is 7.19. The van der Waals surface area contributed by atoms with E-state index in [-0.39, 0.29) is 17.3 Å². The SMILES string of the molecule is CCOC(=O)c1ccc(Nc2nc(Cl)nc3c2ncn3C(C)CC)cc1. The molecule has 0 spiro atoms. The molecule has 3 aromatic rings. The van der Waals surface area contributed by atoms with Crippen molar-refractivity contribution in [3.8, 4) is 0 Å². The molecular formula is C18H20ClN5O2. The first kappa shape index (κ1) is 18.1. The minimum atomic E-state index is -0.348. The summed E-state index contributed by atoms with van der Waals surface area (Å²) in [5.74, 6) is 0.171. The van der Waals surface area contributed by atoms with Crippen LogP contribution in [0, 0.1) is 0 Å². The van der Waals surface area contributed by atoms with Crippen LogP contribution in [0.5, 0.6) is 0 Å². The van der Waals surface area contributed by atoms with E-state index in [4.69, 9.17) is 16.3 Å². The zero-order valence-electron chi connectivity index (χ0n) is 14.9. The van der Waals surface area contributed by atoms with Crippen molar-refractivity contribution in [3.63, 3.8) is 0 Å². The van der Waals surface area contributed by atoms with Crippen LogP contribution >= 0.6 is 11.6 Å². The Morgan fingerprint density at radius 1 is 1.27 bits per heavy atom. The number of fused-ring (bicyclic) bond motifs is 1. The third-order valence-corrected chi connectivity index (χ3v) is 4.29. The van der Waals surface area contributed by atoms with Crippen molar-refractivity contribution >= 4 is 40.2 Å². The van der Waals surface area contributed by atoms with Crippen molar-refractivity contribution in [2.45, 2.75) is 33.2 Å². The quantitative estimate of drug-likeness (QED) is 0.510. The van der Waals surface area contributed by atoms with Gasteiger partial charge in [-0.15, -0.1) is 0 Å². The molecule has 3 rings (SSSR count). The van der Waals surface area contributed by atoms with Gasteiger partial charge in [-0.3, -0.25) is 0 Å². The number of carbonyl (C=O) groups is 1. The Hall–Kier alpha value is -2.67. The molecule has 0 aliphatic heterocycles. The highest BCUT2D eigenvalue weighted by Gasteiger charge is 2.15. The second-order valence-electron chi connectivity index (χ2n) is 5.85. The molecule has 0 fully saturated rings. The molecular weight excluding hydrogens is 354 g/mol. The van der Waals surface area contributed by atoms with Crippen molar-refractivity contribution in [3.05, 3.63) is 41.4 Å². The highest BCUT2D eigenvalue weighted by Crippen LogP contribution is 2.26. The number of esters is 1. The number of hydrogen-bond acceptors (Lipinski definition) is 6. The molecule has 26 heavy (non-hydrogen) atoms. The van der Waals surface area contributed by atoms with E-state index >= 15 is 0 Å². The lowest BCUT2D eigenvalue weighted by Crippen LogP contribution is -2.05. The first-order valence-electron chi connectivity index (χ1n) is 8.47. The first-order valence-corrected chi connectivity index (χ1v) is 8.85. The maximum Gasteiger partial charge on any atom is 0.338 e. The average Bonchev–Trinajstić information content (AvgIpc) is 3.05. The molecule has 8 heteroatoms. The molecule has 1 unspecified atom stereocenters. The number of rotatable bonds is 6. The van der Waals surface area contributed by atoms with Crippen LogP contribution in [-0.4, -0.2) is 32.1 Å². The number of hydrogen-bond donors (Lipinski definition) is 1. The lowest BCUT2D eigenvalue weighted by molar-refractivity contribution is 0.0526. The van der Waals surface area contributed by atoms with Gasteiger partial charge >= 0.3 is 5.97 Å². The Bertz CT molecular complexity index is 923. The Balaban J connectivity index is 1.91. The molecule has 0 aliphatic rings. The zero-order chi connectivity index (χ0) is 18.7. The van der Waals surface area contributed by atoms with Crippen LogP contribution in [0.15, 0.2) is 30.6 Å². The van der Waals surface area contributed by atoms with E-state index in [1.807, 2.05) is 4.57 Å². The predicted molar refractivity (Wildman–Crippen MR) is 101 cm³/mol. The maximum absolute atomic E-state index is 11.7. The van der Waals surface area contributed by atoms with Crippen molar-refractivity contribution in [1.82, 2.24) is 19.5 Å². The number of aromatic nitrogens is 4. The summed E-state index contributed by atoms with van der Waals surface area (Å²) in [7, 11) is 0. The van der Waals surface area contributed by atoms with Crippen molar-refractivity contribution < 1.29 is 9.53 Å². The van der Waals surface area contributed by atoms with E-state index < -0.39 is 0 Å². The normalized spacial score (nSPS) is 12.2. The highest BCUT2D eigenvalue weighted by molar-refractivity contribution is 6.28. The molecule has 1 atom stereocenters. The number of anilines is 2. The molecule has 0 saturated carbocycles. The second-order valence-corrected chi connectivity index (χ2v) is 6.18. The van der Waals surface area contributed by atoms with Gasteiger partial charge in [0.15, 0.2) is 17.0 Å². The molecule has 1 N–H and O–H groups in total. The van der Waals surface area contributed by atoms with Gasteiger partial charge in [0.25, 0.3) is 0 Å². The summed E-state index contributed by atoms with van der Waals surface area (Å²) in [5, 5.41) is 3.34. The zero-order valence-corrected chi connectivity index (χ0v) is 15.6. The summed E-state index contributed by atoms with van der Waals surface area (Å²) >= 11 is 6.10. The molecule has 0 amide bonds. The number of nitrogens with zero attached hydrogens (tertiary/aromatic N) is 4. The third-order valence-electron chi connectivity index (χ3n) is 4.12. The monoisotopic (exact) mass is 373 g/mol. The predicted octanol–water partition coefficient (Wildman–Crippen LogP) is 4.37. The fourth-order valence-corrected chi connectivity index (χ4v) is 2.70. The number of imidazole rings is 1. The molecule has 0 bridgehead atoms. The Kier molecular flexibility index (Phi) is 5.37. The van der Waals surface area contributed by atoms with Crippen LogP contribution in [0.25, 0.3) is 11.2 Å². The standard InChI is InChI=1S/C18H20ClN5O2/c1-4-11(3)24-10-20-14-15(22-18(19)23-16(14)24)21-13-8-6-12(7-9-13)17(25)26-5-2/h6-11H,4-5H2,1-3H3,(H,21,22,23). The van der Waals surface area contributed by atoms with Gasteiger partial charge in [-0.2, -0.15) is 9.97 Å². The van der Waals surface area contributed by atoms with Crippen LogP contribution in [-0.2, 0) is 4.74 Å². The van der Waals surface area contributed by atoms with Gasteiger partial charge in [-0.1, -0.05) is 6.92 Å². The lowest BCUT2D eigenvalue weighted by Gasteiger charge is -2.12. The van der Waals surface area contributed by atoms with E-state index in [0.717, 1.165) is 12.1 Å². The second kappa shape index (κ2) is 7.70. The van der Waals surface area contributed by atoms with Gasteiger partial charge in [-0.25, -0.2) is 9.78 Å². The van der Waals surface area contributed by atoms with Gasteiger partial charge in [0.2, 0.25) is 5.28 Å². The molecule has 0 aliphatic carbocycles. The summed E-state index contributed by atoms with van der Waals surface area (Å²) in [6.45, 7) is 6.31. The summed E-state index contributed by atoms with van der Waals surface area (Å²) in [4.78, 5) is 24.7. The van der Waals surface area contributed by atoms with Crippen LogP contribution < -0.4 is 5.32 Å². The van der Waals surface area contributed by atoms with Crippen molar-refractivity contribution in [2.24, 2.45) is 0 Å². The molecule has 2 heterocycles. The Morgan fingerprint density at radius 2 is 2.00 bits per heavy atom. The van der Waals surface area contributed by atoms with Crippen molar-refractivity contribution in [2.75, 3.05) is 11.9 Å². The van der Waals surface area contributed by atoms with Crippen molar-refractivity contribution in [1.29, 1.82) is 0 Å². The smallest absolute Gasteiger partial charge is 0.338 e. The average molecular weight is 374 g/mol. The van der Waals surface area contributed by atoms with Crippen LogP contribution in [0.1, 0.15) is 43.6 Å². The summed E-state index contributed by atoms with van der Waals surface area (Å²) in [5.41, 5.74) is 2.57. The maximum atomic E-state index is 11.7. The molecule has 7 nitrogen and oxygen atoms in total. The summed E-state index contributed by atoms with van der Waals surface area (Å²) in [6.07, 6.45) is 2.70. The van der Waals surface area contributed by atoms with E-state index in [2.05, 4.69) is 34.1 Å². The molecule has 136 valence electrons. The number of benzene rings is 1. The number of ether oxygens (including phenoxy) is 1. The van der Waals surface area contributed by atoms with Crippen LogP contribution in [0.3, 0.4) is 0 Å². The highest BCUT2D eigenvalue weighted by atomic mass is 35.5. The van der Waals surface area contributed by atoms with Crippen LogP contribution in [0.4, 0.5) is 11.5 Å². The number of halogens is 1. The molecule has 0 radical (unpaired) electrons. The fourth-order valence-electron chi connectivity index (χ4n) is 2.54. The van der Waals surface area contributed by atoms with E-state index in [0.29, 0.717) is 29.2 Å². The fraction of sp³-hybridized carbons (Fsp3) is 0.333.